The lowest BCUT2D eigenvalue weighted by atomic mass is 9.75. The summed E-state index contributed by atoms with van der Waals surface area (Å²) in [5, 5.41) is 0. The molecule has 0 aromatic heterocycles. The first-order chi connectivity index (χ1) is 14.5. The Bertz CT molecular complexity index is 1180. The first-order valence-electron chi connectivity index (χ1n) is 10.5. The molecule has 2 aliphatic rings. The first kappa shape index (κ1) is 18.7. The van der Waals surface area contributed by atoms with E-state index in [1.54, 1.807) is 0 Å². The molecule has 1 atom stereocenters. The van der Waals surface area contributed by atoms with Crippen LogP contribution in [0.4, 0.5) is 5.69 Å². The van der Waals surface area contributed by atoms with Gasteiger partial charge in [0.25, 0.3) is 0 Å². The number of benzene rings is 3. The third kappa shape index (κ3) is 2.43. The molecule has 0 N–H and O–H groups in total. The number of esters is 1. The zero-order valence-corrected chi connectivity index (χ0v) is 17.8. The number of rotatable bonds is 3. The van der Waals surface area contributed by atoms with Crippen LogP contribution < -0.4 is 9.64 Å². The van der Waals surface area contributed by atoms with E-state index < -0.39 is 5.60 Å². The average molecular weight is 399 g/mol. The maximum absolute atomic E-state index is 12.9. The van der Waals surface area contributed by atoms with Crippen molar-refractivity contribution in [2.24, 2.45) is 0 Å². The van der Waals surface area contributed by atoms with Crippen LogP contribution in [-0.4, -0.2) is 19.1 Å². The van der Waals surface area contributed by atoms with Gasteiger partial charge in [0.05, 0.1) is 11.1 Å². The van der Waals surface area contributed by atoms with Crippen molar-refractivity contribution < 1.29 is 14.3 Å². The van der Waals surface area contributed by atoms with Gasteiger partial charge in [-0.25, -0.2) is 4.79 Å². The van der Waals surface area contributed by atoms with E-state index in [2.05, 4.69) is 56.9 Å². The molecule has 4 nitrogen and oxygen atoms in total. The van der Waals surface area contributed by atoms with Crippen LogP contribution in [0, 0.1) is 13.8 Å². The quantitative estimate of drug-likeness (QED) is 0.528. The minimum Gasteiger partial charge on any atom is -0.456 e. The largest absolute Gasteiger partial charge is 0.456 e. The summed E-state index contributed by atoms with van der Waals surface area (Å²) >= 11 is 0. The molecule has 30 heavy (non-hydrogen) atoms. The lowest BCUT2D eigenvalue weighted by molar-refractivity contribution is 0.0222. The van der Waals surface area contributed by atoms with E-state index in [0.29, 0.717) is 5.56 Å². The normalized spacial score (nSPS) is 18.3. The van der Waals surface area contributed by atoms with Crippen molar-refractivity contribution in [3.8, 4) is 11.5 Å². The number of nitrogens with zero attached hydrogens (tertiary/aromatic N) is 1. The molecule has 152 valence electrons. The molecule has 5 rings (SSSR count). The van der Waals surface area contributed by atoms with E-state index in [4.69, 9.17) is 9.47 Å². The van der Waals surface area contributed by atoms with Crippen molar-refractivity contribution >= 4 is 11.7 Å². The number of carbonyl (C=O) groups is 1. The third-order valence-corrected chi connectivity index (χ3v) is 6.26. The van der Waals surface area contributed by atoms with E-state index in [0.717, 1.165) is 58.1 Å². The Balaban J connectivity index is 1.84. The molecule has 0 saturated heterocycles. The molecule has 0 bridgehead atoms. The number of ether oxygens (including phenoxy) is 2. The Hall–Kier alpha value is -3.27. The summed E-state index contributed by atoms with van der Waals surface area (Å²) in [6.07, 6.45) is 0. The molecule has 3 aromatic rings. The highest BCUT2D eigenvalue weighted by Crippen LogP contribution is 2.57. The van der Waals surface area contributed by atoms with Gasteiger partial charge in [-0.3, -0.25) is 0 Å². The second kappa shape index (κ2) is 6.63. The Morgan fingerprint density at radius 1 is 0.900 bits per heavy atom. The summed E-state index contributed by atoms with van der Waals surface area (Å²) in [5.41, 5.74) is 5.55. The highest BCUT2D eigenvalue weighted by Gasteiger charge is 2.54. The van der Waals surface area contributed by atoms with E-state index >= 15 is 0 Å². The van der Waals surface area contributed by atoms with Crippen LogP contribution in [0.2, 0.25) is 0 Å². The number of hydrogen-bond acceptors (Lipinski definition) is 4. The van der Waals surface area contributed by atoms with E-state index in [1.807, 2.05) is 30.3 Å². The second-order valence-corrected chi connectivity index (χ2v) is 8.03. The van der Waals surface area contributed by atoms with Crippen molar-refractivity contribution in [1.82, 2.24) is 0 Å². The number of fused-ring (bicyclic) bond motifs is 6. The second-order valence-electron chi connectivity index (χ2n) is 8.03. The zero-order valence-electron chi connectivity index (χ0n) is 17.8. The van der Waals surface area contributed by atoms with E-state index in [9.17, 15) is 4.79 Å². The summed E-state index contributed by atoms with van der Waals surface area (Å²) in [4.78, 5) is 15.2. The fourth-order valence-electron chi connectivity index (χ4n) is 4.99. The summed E-state index contributed by atoms with van der Waals surface area (Å²) in [7, 11) is 0. The smallest absolute Gasteiger partial charge is 0.340 e. The van der Waals surface area contributed by atoms with E-state index in [-0.39, 0.29) is 5.97 Å². The van der Waals surface area contributed by atoms with E-state index in [1.165, 1.54) is 0 Å². The van der Waals surface area contributed by atoms with Crippen LogP contribution in [0.1, 0.15) is 52.0 Å². The van der Waals surface area contributed by atoms with Gasteiger partial charge in [-0.1, -0.05) is 24.3 Å². The molecule has 2 heterocycles. The highest BCUT2D eigenvalue weighted by molar-refractivity contribution is 5.97. The SMILES string of the molecule is CCN(CC)c1ccc2c(c1)Oc1cc(C)cc(C)c1[C@@]21OC(=O)c2ccccc21. The molecule has 0 amide bonds. The number of carbonyl (C=O) groups excluding carboxylic acids is 1. The molecule has 1 spiro atoms. The van der Waals surface area contributed by atoms with Crippen LogP contribution in [0.25, 0.3) is 0 Å². The average Bonchev–Trinajstić information content (AvgIpc) is 3.01. The lowest BCUT2D eigenvalue weighted by Crippen LogP contribution is -2.34. The molecule has 3 aromatic carbocycles. The van der Waals surface area contributed by atoms with Gasteiger partial charge in [-0.15, -0.1) is 0 Å². The molecule has 0 fully saturated rings. The lowest BCUT2D eigenvalue weighted by Gasteiger charge is -2.38. The number of anilines is 1. The Labute approximate surface area is 177 Å². The fourth-order valence-corrected chi connectivity index (χ4v) is 4.99. The maximum Gasteiger partial charge on any atom is 0.340 e. The van der Waals surface area contributed by atoms with Crippen LogP contribution in [0.15, 0.2) is 54.6 Å². The van der Waals surface area contributed by atoms with Gasteiger partial charge in [0.2, 0.25) is 0 Å². The predicted molar refractivity (Wildman–Crippen MR) is 118 cm³/mol. The fraction of sp³-hybridized carbons (Fsp3) is 0.269. The van der Waals surface area contributed by atoms with Gasteiger partial charge in [-0.05, 0) is 63.1 Å². The minimum atomic E-state index is -0.990. The molecule has 0 saturated carbocycles. The van der Waals surface area contributed by atoms with Crippen LogP contribution >= 0.6 is 0 Å². The van der Waals surface area contributed by atoms with Crippen molar-refractivity contribution in [2.45, 2.75) is 33.3 Å². The summed E-state index contributed by atoms with van der Waals surface area (Å²) in [6, 6.07) is 18.1. The molecule has 0 radical (unpaired) electrons. The van der Waals surface area contributed by atoms with Crippen molar-refractivity contribution in [1.29, 1.82) is 0 Å². The summed E-state index contributed by atoms with van der Waals surface area (Å²) in [5.74, 6) is 1.19. The van der Waals surface area contributed by atoms with Gasteiger partial charge in [0.1, 0.15) is 11.5 Å². The van der Waals surface area contributed by atoms with Crippen LogP contribution in [0.3, 0.4) is 0 Å². The Kier molecular flexibility index (Phi) is 4.14. The number of aryl methyl sites for hydroxylation is 2. The van der Waals surface area contributed by atoms with Crippen LogP contribution in [-0.2, 0) is 10.3 Å². The standard InChI is InChI=1S/C26H25NO3/c1-5-27(6-2)18-11-12-21-22(15-18)29-23-14-16(3)13-17(4)24(23)26(21)20-10-8-7-9-19(20)25(28)30-26/h7-15H,5-6H2,1-4H3/t26-/m0/s1. The van der Waals surface area contributed by atoms with Crippen molar-refractivity contribution in [2.75, 3.05) is 18.0 Å². The minimum absolute atomic E-state index is 0.294. The monoisotopic (exact) mass is 399 g/mol. The Morgan fingerprint density at radius 3 is 2.43 bits per heavy atom. The van der Waals surface area contributed by atoms with Gasteiger partial charge in [-0.2, -0.15) is 0 Å². The zero-order chi connectivity index (χ0) is 21.0. The Morgan fingerprint density at radius 2 is 1.67 bits per heavy atom. The highest BCUT2D eigenvalue weighted by atomic mass is 16.6. The molecule has 0 aliphatic carbocycles. The summed E-state index contributed by atoms with van der Waals surface area (Å²) in [6.45, 7) is 10.2. The van der Waals surface area contributed by atoms with Crippen LogP contribution in [0.5, 0.6) is 11.5 Å². The van der Waals surface area contributed by atoms with Gasteiger partial charge in [0, 0.05) is 36.0 Å². The topological polar surface area (TPSA) is 38.8 Å². The maximum atomic E-state index is 12.9. The molecule has 4 heteroatoms. The van der Waals surface area contributed by atoms with Gasteiger partial charge >= 0.3 is 5.97 Å². The first-order valence-corrected chi connectivity index (χ1v) is 10.5. The predicted octanol–water partition coefficient (Wildman–Crippen LogP) is 5.72. The van der Waals surface area contributed by atoms with Crippen molar-refractivity contribution in [3.63, 3.8) is 0 Å². The molecule has 0 unspecified atom stereocenters. The number of hydrogen-bond donors (Lipinski definition) is 0. The molecular weight excluding hydrogens is 374 g/mol. The molecule has 2 aliphatic heterocycles. The summed E-state index contributed by atoms with van der Waals surface area (Å²) < 4.78 is 12.7. The van der Waals surface area contributed by atoms with Gasteiger partial charge in [0.15, 0.2) is 5.60 Å². The third-order valence-electron chi connectivity index (χ3n) is 6.26. The van der Waals surface area contributed by atoms with Gasteiger partial charge < -0.3 is 14.4 Å². The van der Waals surface area contributed by atoms with Crippen molar-refractivity contribution in [3.05, 3.63) is 88.0 Å². The molecular formula is C26H25NO3.